The minimum absolute atomic E-state index is 0.393. The van der Waals surface area contributed by atoms with E-state index in [1.807, 2.05) is 14.1 Å². The number of carbonyl (C=O) groups is 1. The third kappa shape index (κ3) is 1.98. The largest absolute Gasteiger partial charge is 0.465 e. The quantitative estimate of drug-likeness (QED) is 0.745. The van der Waals surface area contributed by atoms with Crippen molar-refractivity contribution in [3.05, 3.63) is 16.3 Å². The molecule has 2 rings (SSSR count). The first-order valence-corrected chi connectivity index (χ1v) is 5.65. The number of esters is 1. The van der Waals surface area contributed by atoms with Crippen LogP contribution in [0.15, 0.2) is 11.4 Å². The molecular weight excluding hydrogens is 242 g/mol. The molecule has 0 saturated heterocycles. The Labute approximate surface area is 102 Å². The van der Waals surface area contributed by atoms with Crippen LogP contribution in [0.25, 0.3) is 5.69 Å². The fourth-order valence-electron chi connectivity index (χ4n) is 1.33. The highest BCUT2D eigenvalue weighted by atomic mass is 32.1. The number of thiophene rings is 1. The van der Waals surface area contributed by atoms with Gasteiger partial charge < -0.3 is 9.64 Å². The van der Waals surface area contributed by atoms with Crippen LogP contribution >= 0.6 is 11.3 Å². The average Bonchev–Trinajstić information content (AvgIpc) is 2.95. The molecule has 0 amide bonds. The molecule has 7 nitrogen and oxygen atoms in total. The van der Waals surface area contributed by atoms with Gasteiger partial charge in [0.05, 0.1) is 12.8 Å². The molecule has 17 heavy (non-hydrogen) atoms. The zero-order valence-electron chi connectivity index (χ0n) is 9.62. The lowest BCUT2D eigenvalue weighted by atomic mass is 10.4. The molecule has 0 atom stereocenters. The van der Waals surface area contributed by atoms with Crippen molar-refractivity contribution in [3.8, 4) is 5.69 Å². The summed E-state index contributed by atoms with van der Waals surface area (Å²) < 4.78 is 6.21. The van der Waals surface area contributed by atoms with E-state index in [9.17, 15) is 4.79 Å². The number of hydrogen-bond donors (Lipinski definition) is 0. The molecule has 0 aliphatic rings. The van der Waals surface area contributed by atoms with Gasteiger partial charge in [-0.05, 0) is 21.9 Å². The van der Waals surface area contributed by atoms with Crippen LogP contribution in [0.1, 0.15) is 9.67 Å². The van der Waals surface area contributed by atoms with E-state index in [4.69, 9.17) is 4.74 Å². The van der Waals surface area contributed by atoms with E-state index in [1.54, 1.807) is 16.3 Å². The molecule has 0 radical (unpaired) electrons. The topological polar surface area (TPSA) is 73.1 Å². The van der Waals surface area contributed by atoms with Gasteiger partial charge in [0.15, 0.2) is 0 Å². The number of tetrazole rings is 1. The van der Waals surface area contributed by atoms with Gasteiger partial charge in [0.2, 0.25) is 5.95 Å². The van der Waals surface area contributed by atoms with Gasteiger partial charge in [0.1, 0.15) is 4.88 Å². The van der Waals surface area contributed by atoms with Crippen LogP contribution in [0.2, 0.25) is 0 Å². The molecule has 0 unspecified atom stereocenters. The molecular formula is C9H11N5O2S. The predicted molar refractivity (Wildman–Crippen MR) is 62.7 cm³/mol. The standard InChI is InChI=1S/C9H11N5O2S/c1-13(2)9-10-11-12-14(9)6-4-5-17-7(6)8(15)16-3/h4-5H,1-3H3. The number of rotatable bonds is 3. The van der Waals surface area contributed by atoms with Crippen LogP contribution in [0.5, 0.6) is 0 Å². The number of aromatic nitrogens is 4. The van der Waals surface area contributed by atoms with Gasteiger partial charge >= 0.3 is 5.97 Å². The number of anilines is 1. The minimum atomic E-state index is -0.393. The Kier molecular flexibility index (Phi) is 3.05. The van der Waals surface area contributed by atoms with Gasteiger partial charge in [-0.1, -0.05) is 5.10 Å². The summed E-state index contributed by atoms with van der Waals surface area (Å²) in [5.74, 6) is 0.156. The lowest BCUT2D eigenvalue weighted by Crippen LogP contribution is -2.16. The van der Waals surface area contributed by atoms with E-state index in [-0.39, 0.29) is 0 Å². The summed E-state index contributed by atoms with van der Waals surface area (Å²) in [6.07, 6.45) is 0. The van der Waals surface area contributed by atoms with Crippen molar-refractivity contribution in [2.45, 2.75) is 0 Å². The van der Waals surface area contributed by atoms with E-state index < -0.39 is 5.97 Å². The second-order valence-electron chi connectivity index (χ2n) is 3.41. The number of carbonyl (C=O) groups excluding carboxylic acids is 1. The Bertz CT molecular complexity index is 533. The maximum atomic E-state index is 11.6. The summed E-state index contributed by atoms with van der Waals surface area (Å²) >= 11 is 1.29. The molecule has 2 heterocycles. The van der Waals surface area contributed by atoms with E-state index in [0.29, 0.717) is 16.5 Å². The molecule has 0 fully saturated rings. The molecule has 0 spiro atoms. The minimum Gasteiger partial charge on any atom is -0.465 e. The highest BCUT2D eigenvalue weighted by molar-refractivity contribution is 7.12. The van der Waals surface area contributed by atoms with Gasteiger partial charge in [-0.3, -0.25) is 0 Å². The summed E-state index contributed by atoms with van der Waals surface area (Å²) in [7, 11) is 5.00. The van der Waals surface area contributed by atoms with Crippen LogP contribution in [0.3, 0.4) is 0 Å². The zero-order valence-corrected chi connectivity index (χ0v) is 10.4. The van der Waals surface area contributed by atoms with Gasteiger partial charge in [0.25, 0.3) is 0 Å². The SMILES string of the molecule is COC(=O)c1sccc1-n1nnnc1N(C)C. The van der Waals surface area contributed by atoms with Crippen LogP contribution in [-0.2, 0) is 4.74 Å². The van der Waals surface area contributed by atoms with Crippen molar-refractivity contribution in [3.63, 3.8) is 0 Å². The maximum Gasteiger partial charge on any atom is 0.350 e. The lowest BCUT2D eigenvalue weighted by Gasteiger charge is -2.10. The number of ether oxygens (including phenoxy) is 1. The normalized spacial score (nSPS) is 10.3. The summed E-state index contributed by atoms with van der Waals surface area (Å²) in [6.45, 7) is 0. The van der Waals surface area contributed by atoms with Crippen molar-refractivity contribution >= 4 is 23.3 Å². The zero-order chi connectivity index (χ0) is 12.4. The number of hydrogen-bond acceptors (Lipinski definition) is 7. The van der Waals surface area contributed by atoms with Gasteiger partial charge in [-0.15, -0.1) is 11.3 Å². The molecule has 90 valence electrons. The van der Waals surface area contributed by atoms with Crippen LogP contribution < -0.4 is 4.90 Å². The first kappa shape index (κ1) is 11.5. The fourth-order valence-corrected chi connectivity index (χ4v) is 2.12. The lowest BCUT2D eigenvalue weighted by molar-refractivity contribution is 0.0606. The van der Waals surface area contributed by atoms with E-state index in [1.165, 1.54) is 23.1 Å². The highest BCUT2D eigenvalue weighted by Crippen LogP contribution is 2.23. The molecule has 0 N–H and O–H groups in total. The number of nitrogens with zero attached hydrogens (tertiary/aromatic N) is 5. The average molecular weight is 253 g/mol. The first-order valence-electron chi connectivity index (χ1n) is 4.77. The molecule has 8 heteroatoms. The molecule has 0 saturated carbocycles. The summed E-state index contributed by atoms with van der Waals surface area (Å²) in [6, 6.07) is 1.78. The third-order valence-electron chi connectivity index (χ3n) is 2.10. The molecule has 2 aromatic rings. The second-order valence-corrected chi connectivity index (χ2v) is 4.33. The smallest absolute Gasteiger partial charge is 0.350 e. The van der Waals surface area contributed by atoms with E-state index in [0.717, 1.165) is 0 Å². The maximum absolute atomic E-state index is 11.6. The first-order chi connectivity index (χ1) is 8.15. The molecule has 0 aromatic carbocycles. The monoisotopic (exact) mass is 253 g/mol. The highest BCUT2D eigenvalue weighted by Gasteiger charge is 2.19. The summed E-state index contributed by atoms with van der Waals surface area (Å²) in [4.78, 5) is 13.8. The molecule has 0 aliphatic carbocycles. The van der Waals surface area contributed by atoms with E-state index >= 15 is 0 Å². The van der Waals surface area contributed by atoms with Gasteiger partial charge in [-0.2, -0.15) is 4.68 Å². The third-order valence-corrected chi connectivity index (χ3v) is 2.98. The van der Waals surface area contributed by atoms with Crippen molar-refractivity contribution in [1.82, 2.24) is 20.2 Å². The Morgan fingerprint density at radius 2 is 2.29 bits per heavy atom. The molecule has 0 aliphatic heterocycles. The molecule has 0 bridgehead atoms. The van der Waals surface area contributed by atoms with E-state index in [2.05, 4.69) is 15.5 Å². The fraction of sp³-hybridized carbons (Fsp3) is 0.333. The number of methoxy groups -OCH3 is 1. The van der Waals surface area contributed by atoms with Crippen LogP contribution in [0.4, 0.5) is 5.95 Å². The van der Waals surface area contributed by atoms with Crippen molar-refractivity contribution in [2.75, 3.05) is 26.1 Å². The van der Waals surface area contributed by atoms with Crippen molar-refractivity contribution in [1.29, 1.82) is 0 Å². The van der Waals surface area contributed by atoms with Gasteiger partial charge in [-0.25, -0.2) is 4.79 Å². The Morgan fingerprint density at radius 3 is 2.94 bits per heavy atom. The second kappa shape index (κ2) is 4.50. The summed E-state index contributed by atoms with van der Waals surface area (Å²) in [5, 5.41) is 13.1. The van der Waals surface area contributed by atoms with Gasteiger partial charge in [0, 0.05) is 14.1 Å². The summed E-state index contributed by atoms with van der Waals surface area (Å²) in [5.41, 5.74) is 0.621. The molecule has 2 aromatic heterocycles. The van der Waals surface area contributed by atoms with Crippen LogP contribution in [-0.4, -0.2) is 47.4 Å². The van der Waals surface area contributed by atoms with Crippen molar-refractivity contribution in [2.24, 2.45) is 0 Å². The van der Waals surface area contributed by atoms with Crippen LogP contribution in [0, 0.1) is 0 Å². The Morgan fingerprint density at radius 1 is 1.53 bits per heavy atom. The predicted octanol–water partition coefficient (Wildman–Crippen LogP) is 0.576. The van der Waals surface area contributed by atoms with Crippen molar-refractivity contribution < 1.29 is 9.53 Å². The Hall–Kier alpha value is -1.96. The Balaban J connectivity index is 2.50.